The zero-order valence-electron chi connectivity index (χ0n) is 11.3. The van der Waals surface area contributed by atoms with Gasteiger partial charge in [-0.3, -0.25) is 4.79 Å². The molecule has 0 aliphatic heterocycles. The van der Waals surface area contributed by atoms with Gasteiger partial charge < -0.3 is 14.7 Å². The van der Waals surface area contributed by atoms with E-state index in [0.29, 0.717) is 23.5 Å². The second kappa shape index (κ2) is 5.88. The van der Waals surface area contributed by atoms with Gasteiger partial charge in [0.1, 0.15) is 6.04 Å². The van der Waals surface area contributed by atoms with E-state index in [4.69, 9.17) is 21.9 Å². The molecule has 0 saturated carbocycles. The predicted octanol–water partition coefficient (Wildman–Crippen LogP) is 3.16. The number of fused-ring (bicyclic) bond motifs is 1. The standard InChI is InChI=1S/C14H15N3O2S/c1-8(2)5-10(7-15)16-13(18)9-3-4-11-12(6-9)19-14(20)17-11/h3-4,6,8,10H,5H2,1-2H3,(H,16,18)(H,17,20)/t10-/m1/s1. The van der Waals surface area contributed by atoms with Gasteiger partial charge in [-0.15, -0.1) is 0 Å². The number of nitrogens with one attached hydrogen (secondary N) is 2. The summed E-state index contributed by atoms with van der Waals surface area (Å²) < 4.78 is 5.27. The van der Waals surface area contributed by atoms with Crippen LogP contribution >= 0.6 is 12.2 Å². The zero-order chi connectivity index (χ0) is 14.7. The van der Waals surface area contributed by atoms with Crippen molar-refractivity contribution in [2.24, 2.45) is 5.92 Å². The molecular weight excluding hydrogens is 274 g/mol. The van der Waals surface area contributed by atoms with Crippen molar-refractivity contribution in [1.29, 1.82) is 5.26 Å². The summed E-state index contributed by atoms with van der Waals surface area (Å²) in [5, 5.41) is 11.8. The maximum absolute atomic E-state index is 12.1. The zero-order valence-corrected chi connectivity index (χ0v) is 12.1. The molecule has 1 amide bonds. The highest BCUT2D eigenvalue weighted by Crippen LogP contribution is 2.15. The lowest BCUT2D eigenvalue weighted by molar-refractivity contribution is 0.0942. The Morgan fingerprint density at radius 2 is 2.30 bits per heavy atom. The Labute approximate surface area is 121 Å². The molecule has 1 aromatic heterocycles. The van der Waals surface area contributed by atoms with Gasteiger partial charge in [-0.25, -0.2) is 0 Å². The summed E-state index contributed by atoms with van der Waals surface area (Å²) >= 11 is 4.89. The van der Waals surface area contributed by atoms with Gasteiger partial charge in [0.15, 0.2) is 5.58 Å². The molecule has 0 aliphatic carbocycles. The minimum Gasteiger partial charge on any atom is -0.429 e. The minimum atomic E-state index is -0.490. The van der Waals surface area contributed by atoms with Crippen molar-refractivity contribution in [3.8, 4) is 6.07 Å². The van der Waals surface area contributed by atoms with Crippen LogP contribution < -0.4 is 5.32 Å². The predicted molar refractivity (Wildman–Crippen MR) is 77.7 cm³/mol. The number of carbonyl (C=O) groups is 1. The molecule has 2 N–H and O–H groups in total. The fourth-order valence-corrected chi connectivity index (χ4v) is 2.14. The first-order valence-corrected chi connectivity index (χ1v) is 6.73. The van der Waals surface area contributed by atoms with Crippen molar-refractivity contribution in [3.63, 3.8) is 0 Å². The maximum atomic E-state index is 12.1. The molecule has 0 unspecified atom stereocenters. The minimum absolute atomic E-state index is 0.271. The molecule has 1 aromatic carbocycles. The van der Waals surface area contributed by atoms with Crippen molar-refractivity contribution in [3.05, 3.63) is 28.6 Å². The number of amides is 1. The maximum Gasteiger partial charge on any atom is 0.266 e. The molecule has 0 radical (unpaired) electrons. The number of nitriles is 1. The van der Waals surface area contributed by atoms with Crippen LogP contribution in [0, 0.1) is 22.1 Å². The van der Waals surface area contributed by atoms with E-state index in [1.807, 2.05) is 13.8 Å². The summed E-state index contributed by atoms with van der Waals surface area (Å²) in [6, 6.07) is 6.62. The molecule has 2 rings (SSSR count). The largest absolute Gasteiger partial charge is 0.429 e. The third-order valence-corrected chi connectivity index (χ3v) is 3.04. The third-order valence-electron chi connectivity index (χ3n) is 2.85. The van der Waals surface area contributed by atoms with E-state index in [1.54, 1.807) is 18.2 Å². The quantitative estimate of drug-likeness (QED) is 0.847. The van der Waals surface area contributed by atoms with E-state index in [0.717, 1.165) is 5.52 Å². The monoisotopic (exact) mass is 289 g/mol. The van der Waals surface area contributed by atoms with Gasteiger partial charge in [0.2, 0.25) is 0 Å². The summed E-state index contributed by atoms with van der Waals surface area (Å²) in [6.07, 6.45) is 0.620. The van der Waals surface area contributed by atoms with Crippen LogP contribution in [-0.2, 0) is 0 Å². The molecular formula is C14H15N3O2S. The Kier molecular flexibility index (Phi) is 4.20. The second-order valence-corrected chi connectivity index (χ2v) is 5.38. The summed E-state index contributed by atoms with van der Waals surface area (Å²) in [6.45, 7) is 4.01. The van der Waals surface area contributed by atoms with Gasteiger partial charge in [-0.2, -0.15) is 5.26 Å². The number of H-pyrrole nitrogens is 1. The van der Waals surface area contributed by atoms with Crippen molar-refractivity contribution in [2.75, 3.05) is 0 Å². The summed E-state index contributed by atoms with van der Waals surface area (Å²) in [5.41, 5.74) is 1.71. The van der Waals surface area contributed by atoms with E-state index in [1.165, 1.54) is 0 Å². The highest BCUT2D eigenvalue weighted by molar-refractivity contribution is 7.71. The molecule has 0 saturated heterocycles. The first kappa shape index (κ1) is 14.3. The van der Waals surface area contributed by atoms with Crippen molar-refractivity contribution in [2.45, 2.75) is 26.3 Å². The van der Waals surface area contributed by atoms with E-state index in [2.05, 4.69) is 16.4 Å². The third kappa shape index (κ3) is 3.25. The molecule has 6 heteroatoms. The average Bonchev–Trinajstić information content (AvgIpc) is 2.76. The number of benzene rings is 1. The Balaban J connectivity index is 2.18. The molecule has 0 bridgehead atoms. The van der Waals surface area contributed by atoms with E-state index in [-0.39, 0.29) is 10.7 Å². The smallest absolute Gasteiger partial charge is 0.266 e. The molecule has 0 fully saturated rings. The lowest BCUT2D eigenvalue weighted by Crippen LogP contribution is -2.34. The Morgan fingerprint density at radius 1 is 1.55 bits per heavy atom. The molecule has 1 atom stereocenters. The molecule has 1 heterocycles. The van der Waals surface area contributed by atoms with Crippen LogP contribution in [0.1, 0.15) is 30.6 Å². The van der Waals surface area contributed by atoms with Gasteiger partial charge in [0, 0.05) is 5.56 Å². The molecule has 0 aliphatic rings. The molecule has 20 heavy (non-hydrogen) atoms. The number of aromatic amines is 1. The van der Waals surface area contributed by atoms with Gasteiger partial charge in [-0.05, 0) is 42.8 Å². The molecule has 2 aromatic rings. The lowest BCUT2D eigenvalue weighted by atomic mass is 10.0. The average molecular weight is 289 g/mol. The number of nitrogens with zero attached hydrogens (tertiary/aromatic N) is 1. The van der Waals surface area contributed by atoms with Crippen LogP contribution in [0.2, 0.25) is 0 Å². The number of rotatable bonds is 4. The van der Waals surface area contributed by atoms with Crippen LogP contribution in [-0.4, -0.2) is 16.9 Å². The van der Waals surface area contributed by atoms with Crippen LogP contribution in [0.3, 0.4) is 0 Å². The van der Waals surface area contributed by atoms with E-state index >= 15 is 0 Å². The summed E-state index contributed by atoms with van der Waals surface area (Å²) in [4.78, 5) is 15.2. The molecule has 104 valence electrons. The van der Waals surface area contributed by atoms with Crippen molar-refractivity contribution < 1.29 is 9.21 Å². The molecule has 5 nitrogen and oxygen atoms in total. The normalized spacial score (nSPS) is 12.3. The summed E-state index contributed by atoms with van der Waals surface area (Å²) in [5.74, 6) is 0.0475. The second-order valence-electron chi connectivity index (χ2n) is 5.01. The first-order chi connectivity index (χ1) is 9.49. The van der Waals surface area contributed by atoms with Gasteiger partial charge in [0.25, 0.3) is 10.7 Å². The lowest BCUT2D eigenvalue weighted by Gasteiger charge is -2.13. The number of aromatic nitrogens is 1. The van der Waals surface area contributed by atoms with Crippen molar-refractivity contribution >= 4 is 29.2 Å². The highest BCUT2D eigenvalue weighted by Gasteiger charge is 2.15. The van der Waals surface area contributed by atoms with Gasteiger partial charge in [-0.1, -0.05) is 13.8 Å². The van der Waals surface area contributed by atoms with Crippen LogP contribution in [0.5, 0.6) is 0 Å². The number of hydrogen-bond acceptors (Lipinski definition) is 4. The van der Waals surface area contributed by atoms with Gasteiger partial charge >= 0.3 is 0 Å². The summed E-state index contributed by atoms with van der Waals surface area (Å²) in [7, 11) is 0. The SMILES string of the molecule is CC(C)C[C@H](C#N)NC(=O)c1ccc2[nH]c(=S)oc2c1. The van der Waals surface area contributed by atoms with Crippen molar-refractivity contribution in [1.82, 2.24) is 10.3 Å². The fourth-order valence-electron chi connectivity index (χ4n) is 1.94. The number of oxazole rings is 1. The fraction of sp³-hybridized carbons (Fsp3) is 0.357. The Bertz CT molecular complexity index is 724. The Morgan fingerprint density at radius 3 is 2.95 bits per heavy atom. The van der Waals surface area contributed by atoms with E-state index < -0.39 is 6.04 Å². The molecule has 0 spiro atoms. The number of hydrogen-bond donors (Lipinski definition) is 2. The van der Waals surface area contributed by atoms with Crippen LogP contribution in [0.25, 0.3) is 11.1 Å². The van der Waals surface area contributed by atoms with E-state index in [9.17, 15) is 4.79 Å². The van der Waals surface area contributed by atoms with Crippen LogP contribution in [0.4, 0.5) is 0 Å². The first-order valence-electron chi connectivity index (χ1n) is 6.33. The van der Waals surface area contributed by atoms with Gasteiger partial charge in [0.05, 0.1) is 11.6 Å². The topological polar surface area (TPSA) is 81.8 Å². The number of carbonyl (C=O) groups excluding carboxylic acids is 1. The highest BCUT2D eigenvalue weighted by atomic mass is 32.1. The Hall–Kier alpha value is -2.13. The van der Waals surface area contributed by atoms with Crippen LogP contribution in [0.15, 0.2) is 22.6 Å².